The van der Waals surface area contributed by atoms with Crippen LogP contribution in [0.5, 0.6) is 5.75 Å². The summed E-state index contributed by atoms with van der Waals surface area (Å²) in [6.07, 6.45) is 1.72. The Bertz CT molecular complexity index is 828. The third-order valence-electron chi connectivity index (χ3n) is 3.29. The Labute approximate surface area is 146 Å². The van der Waals surface area contributed by atoms with Gasteiger partial charge in [-0.15, -0.1) is 0 Å². The zero-order chi connectivity index (χ0) is 16.4. The van der Waals surface area contributed by atoms with E-state index in [1.807, 2.05) is 24.3 Å². The number of hydrogen-bond acceptors (Lipinski definition) is 4. The first-order valence-electron chi connectivity index (χ1n) is 6.69. The van der Waals surface area contributed by atoms with Crippen molar-refractivity contribution >= 4 is 45.3 Å². The second kappa shape index (κ2) is 6.56. The van der Waals surface area contributed by atoms with Crippen LogP contribution in [-0.4, -0.2) is 18.8 Å². The second-order valence-electron chi connectivity index (χ2n) is 4.77. The molecule has 2 aromatic carbocycles. The van der Waals surface area contributed by atoms with Gasteiger partial charge in [0.15, 0.2) is 0 Å². The van der Waals surface area contributed by atoms with Gasteiger partial charge >= 0.3 is 5.97 Å². The molecule has 23 heavy (non-hydrogen) atoms. The molecule has 3 rings (SSSR count). The van der Waals surface area contributed by atoms with Gasteiger partial charge in [0.1, 0.15) is 11.5 Å². The maximum Gasteiger partial charge on any atom is 0.368 e. The summed E-state index contributed by atoms with van der Waals surface area (Å²) < 4.78 is 6.28. The van der Waals surface area contributed by atoms with E-state index in [0.29, 0.717) is 27.6 Å². The molecule has 1 aliphatic heterocycles. The number of nitrogens with zero attached hydrogens (tertiary/aromatic N) is 1. The summed E-state index contributed by atoms with van der Waals surface area (Å²) in [4.78, 5) is 16.9. The van der Waals surface area contributed by atoms with Crippen molar-refractivity contribution < 1.29 is 14.4 Å². The van der Waals surface area contributed by atoms with Crippen LogP contribution in [-0.2, 0) is 9.63 Å². The number of hydrogen-bond donors (Lipinski definition) is 0. The number of rotatable bonds is 3. The smallest absolute Gasteiger partial charge is 0.368 e. The lowest BCUT2D eigenvalue weighted by molar-refractivity contribution is -0.136. The summed E-state index contributed by atoms with van der Waals surface area (Å²) in [7, 11) is 1.54. The van der Waals surface area contributed by atoms with Crippen molar-refractivity contribution in [2.75, 3.05) is 7.11 Å². The van der Waals surface area contributed by atoms with Crippen molar-refractivity contribution in [3.8, 4) is 5.75 Å². The first-order chi connectivity index (χ1) is 11.1. The standard InChI is InChI=1S/C17H11BrClNO3/c1-22-15-7-6-12(19)9-13(15)16-14(17(21)23-20-16)8-10-2-4-11(18)5-3-10/h2-9H,1H3/b14-8-. The molecule has 0 atom stereocenters. The van der Waals surface area contributed by atoms with Crippen LogP contribution < -0.4 is 4.74 Å². The maximum atomic E-state index is 12.0. The summed E-state index contributed by atoms with van der Waals surface area (Å²) >= 11 is 9.43. The fourth-order valence-corrected chi connectivity index (χ4v) is 2.63. The quantitative estimate of drug-likeness (QED) is 0.572. The van der Waals surface area contributed by atoms with Crippen molar-refractivity contribution in [2.45, 2.75) is 0 Å². The minimum Gasteiger partial charge on any atom is -0.496 e. The molecule has 0 bridgehead atoms. The van der Waals surface area contributed by atoms with Crippen LogP contribution in [0, 0.1) is 0 Å². The molecule has 0 aromatic heterocycles. The zero-order valence-electron chi connectivity index (χ0n) is 12.0. The SMILES string of the molecule is COc1ccc(Cl)cc1C1=NOC(=O)/C1=C\c1ccc(Br)cc1. The van der Waals surface area contributed by atoms with E-state index in [2.05, 4.69) is 21.1 Å². The molecular formula is C17H11BrClNO3. The first kappa shape index (κ1) is 15.8. The van der Waals surface area contributed by atoms with Crippen LogP contribution in [0.25, 0.3) is 6.08 Å². The third-order valence-corrected chi connectivity index (χ3v) is 4.06. The maximum absolute atomic E-state index is 12.0. The van der Waals surface area contributed by atoms with Crippen molar-refractivity contribution in [1.82, 2.24) is 0 Å². The Morgan fingerprint density at radius 2 is 1.96 bits per heavy atom. The number of benzene rings is 2. The van der Waals surface area contributed by atoms with Crippen LogP contribution in [0.4, 0.5) is 0 Å². The lowest BCUT2D eigenvalue weighted by Crippen LogP contribution is -2.08. The number of carbonyl (C=O) groups is 1. The van der Waals surface area contributed by atoms with Crippen LogP contribution in [0.15, 0.2) is 57.7 Å². The molecule has 1 aliphatic rings. The minimum atomic E-state index is -0.509. The first-order valence-corrected chi connectivity index (χ1v) is 7.86. The molecule has 0 saturated carbocycles. The van der Waals surface area contributed by atoms with E-state index in [-0.39, 0.29) is 0 Å². The van der Waals surface area contributed by atoms with Crippen LogP contribution in [0.1, 0.15) is 11.1 Å². The normalized spacial score (nSPS) is 15.5. The van der Waals surface area contributed by atoms with Gasteiger partial charge in [0.2, 0.25) is 0 Å². The fourth-order valence-electron chi connectivity index (χ4n) is 2.19. The highest BCUT2D eigenvalue weighted by molar-refractivity contribution is 9.10. The summed E-state index contributed by atoms with van der Waals surface area (Å²) in [5, 5.41) is 4.40. The molecule has 4 nitrogen and oxygen atoms in total. The Morgan fingerprint density at radius 3 is 2.65 bits per heavy atom. The Morgan fingerprint density at radius 1 is 1.22 bits per heavy atom. The lowest BCUT2D eigenvalue weighted by Gasteiger charge is -2.08. The van der Waals surface area contributed by atoms with E-state index < -0.39 is 5.97 Å². The molecule has 6 heteroatoms. The molecule has 0 saturated heterocycles. The van der Waals surface area contributed by atoms with Crippen molar-refractivity contribution in [2.24, 2.45) is 5.16 Å². The Balaban J connectivity index is 2.07. The summed E-state index contributed by atoms with van der Waals surface area (Å²) in [6, 6.07) is 12.7. The number of oxime groups is 1. The van der Waals surface area contributed by atoms with Gasteiger partial charge in [-0.1, -0.05) is 44.8 Å². The fraction of sp³-hybridized carbons (Fsp3) is 0.0588. The molecule has 0 N–H and O–H groups in total. The van der Waals surface area contributed by atoms with Gasteiger partial charge in [-0.3, -0.25) is 0 Å². The lowest BCUT2D eigenvalue weighted by atomic mass is 10.00. The van der Waals surface area contributed by atoms with Crippen molar-refractivity contribution in [3.63, 3.8) is 0 Å². The second-order valence-corrected chi connectivity index (χ2v) is 6.12. The van der Waals surface area contributed by atoms with Gasteiger partial charge in [0.05, 0.1) is 12.7 Å². The van der Waals surface area contributed by atoms with E-state index in [0.717, 1.165) is 10.0 Å². The van der Waals surface area contributed by atoms with E-state index in [9.17, 15) is 4.79 Å². The monoisotopic (exact) mass is 391 g/mol. The molecule has 0 radical (unpaired) electrons. The predicted molar refractivity (Wildman–Crippen MR) is 92.8 cm³/mol. The molecule has 0 aliphatic carbocycles. The average molecular weight is 393 g/mol. The predicted octanol–water partition coefficient (Wildman–Crippen LogP) is 4.46. The topological polar surface area (TPSA) is 47.9 Å². The molecule has 0 amide bonds. The Hall–Kier alpha value is -2.11. The largest absolute Gasteiger partial charge is 0.496 e. The molecule has 0 unspecified atom stereocenters. The number of halogens is 2. The number of carbonyl (C=O) groups excluding carboxylic acids is 1. The highest BCUT2D eigenvalue weighted by Crippen LogP contribution is 2.29. The number of methoxy groups -OCH3 is 1. The molecule has 116 valence electrons. The van der Waals surface area contributed by atoms with E-state index in [4.69, 9.17) is 21.2 Å². The van der Waals surface area contributed by atoms with Gasteiger partial charge in [0, 0.05) is 15.1 Å². The molecule has 2 aromatic rings. The van der Waals surface area contributed by atoms with Crippen molar-refractivity contribution in [1.29, 1.82) is 0 Å². The number of ether oxygens (including phenoxy) is 1. The minimum absolute atomic E-state index is 0.355. The van der Waals surface area contributed by atoms with E-state index in [1.165, 1.54) is 0 Å². The summed E-state index contributed by atoms with van der Waals surface area (Å²) in [5.74, 6) is 0.0538. The average Bonchev–Trinajstić information content (AvgIpc) is 2.90. The highest BCUT2D eigenvalue weighted by Gasteiger charge is 2.29. The van der Waals surface area contributed by atoms with Gasteiger partial charge in [-0.05, 0) is 42.0 Å². The molecule has 0 spiro atoms. The van der Waals surface area contributed by atoms with Crippen LogP contribution in [0.2, 0.25) is 5.02 Å². The van der Waals surface area contributed by atoms with Crippen molar-refractivity contribution in [3.05, 3.63) is 68.7 Å². The Kier molecular flexibility index (Phi) is 4.50. The summed E-state index contributed by atoms with van der Waals surface area (Å²) in [6.45, 7) is 0. The zero-order valence-corrected chi connectivity index (χ0v) is 14.4. The molecular weight excluding hydrogens is 382 g/mol. The van der Waals surface area contributed by atoms with Gasteiger partial charge in [0.25, 0.3) is 0 Å². The van der Waals surface area contributed by atoms with E-state index in [1.54, 1.807) is 31.4 Å². The molecule has 0 fully saturated rings. The van der Waals surface area contributed by atoms with Crippen LogP contribution >= 0.6 is 27.5 Å². The molecule has 1 heterocycles. The third kappa shape index (κ3) is 3.30. The van der Waals surface area contributed by atoms with E-state index >= 15 is 0 Å². The summed E-state index contributed by atoms with van der Waals surface area (Å²) in [5.41, 5.74) is 2.22. The van der Waals surface area contributed by atoms with Crippen LogP contribution in [0.3, 0.4) is 0 Å². The van der Waals surface area contributed by atoms with Gasteiger partial charge < -0.3 is 9.57 Å². The highest BCUT2D eigenvalue weighted by atomic mass is 79.9. The van der Waals surface area contributed by atoms with Gasteiger partial charge in [-0.2, -0.15) is 0 Å². The van der Waals surface area contributed by atoms with Gasteiger partial charge in [-0.25, -0.2) is 4.79 Å².